The van der Waals surface area contributed by atoms with Crippen molar-refractivity contribution in [2.75, 3.05) is 6.54 Å². The number of nitrogens with zero attached hydrogens (tertiary/aromatic N) is 1. The molecule has 0 bridgehead atoms. The number of hydrogen-bond acceptors (Lipinski definition) is 3. The summed E-state index contributed by atoms with van der Waals surface area (Å²) in [5, 5.41) is 4.41. The molecule has 0 aliphatic heterocycles. The van der Waals surface area contributed by atoms with Crippen molar-refractivity contribution in [2.24, 2.45) is 0 Å². The van der Waals surface area contributed by atoms with Crippen molar-refractivity contribution in [1.82, 2.24) is 4.31 Å². The lowest BCUT2D eigenvalue weighted by Crippen LogP contribution is -2.31. The summed E-state index contributed by atoms with van der Waals surface area (Å²) < 4.78 is 27.3. The first kappa shape index (κ1) is 16.5. The fraction of sp³-hybridized carbons (Fsp3) is 0.333. The van der Waals surface area contributed by atoms with Crippen molar-refractivity contribution in [3.8, 4) is 0 Å². The number of halogens is 1. The van der Waals surface area contributed by atoms with Gasteiger partial charge < -0.3 is 0 Å². The molecule has 0 atom stereocenters. The molecule has 0 N–H and O–H groups in total. The van der Waals surface area contributed by atoms with Gasteiger partial charge in [-0.15, -0.1) is 0 Å². The molecule has 21 heavy (non-hydrogen) atoms. The molecular weight excluding hydrogens is 326 g/mol. The number of sulfonamides is 1. The van der Waals surface area contributed by atoms with E-state index in [-0.39, 0.29) is 0 Å². The number of hydrogen-bond donors (Lipinski definition) is 0. The Morgan fingerprint density at radius 2 is 2.05 bits per heavy atom. The van der Waals surface area contributed by atoms with E-state index in [0.717, 1.165) is 12.0 Å². The van der Waals surface area contributed by atoms with Gasteiger partial charge >= 0.3 is 0 Å². The first-order chi connectivity index (χ1) is 9.96. The highest BCUT2D eigenvalue weighted by molar-refractivity contribution is 7.89. The summed E-state index contributed by atoms with van der Waals surface area (Å²) in [5.41, 5.74) is 1.61. The molecule has 0 unspecified atom stereocenters. The minimum atomic E-state index is -3.54. The van der Waals surface area contributed by atoms with Gasteiger partial charge in [-0.05, 0) is 53.4 Å². The zero-order valence-corrected chi connectivity index (χ0v) is 14.4. The molecule has 0 radical (unpaired) electrons. The van der Waals surface area contributed by atoms with Gasteiger partial charge in [-0.2, -0.15) is 15.6 Å². The molecule has 1 aromatic heterocycles. The lowest BCUT2D eigenvalue weighted by molar-refractivity contribution is 0.406. The Balaban J connectivity index is 2.40. The molecule has 1 aromatic carbocycles. The first-order valence-electron chi connectivity index (χ1n) is 6.73. The molecule has 6 heteroatoms. The van der Waals surface area contributed by atoms with Crippen molar-refractivity contribution in [3.63, 3.8) is 0 Å². The van der Waals surface area contributed by atoms with Crippen LogP contribution in [0.4, 0.5) is 0 Å². The fourth-order valence-electron chi connectivity index (χ4n) is 2.13. The van der Waals surface area contributed by atoms with Gasteiger partial charge in [-0.25, -0.2) is 8.42 Å². The lowest BCUT2D eigenvalue weighted by atomic mass is 10.2. The maximum atomic E-state index is 12.9. The zero-order chi connectivity index (χ0) is 15.5. The summed E-state index contributed by atoms with van der Waals surface area (Å²) in [4.78, 5) is 0.290. The molecule has 0 saturated heterocycles. The van der Waals surface area contributed by atoms with Gasteiger partial charge in [0.15, 0.2) is 0 Å². The van der Waals surface area contributed by atoms with E-state index >= 15 is 0 Å². The lowest BCUT2D eigenvalue weighted by Gasteiger charge is -2.22. The summed E-state index contributed by atoms with van der Waals surface area (Å²) in [6.45, 7) is 4.60. The van der Waals surface area contributed by atoms with Gasteiger partial charge in [-0.3, -0.25) is 0 Å². The van der Waals surface area contributed by atoms with E-state index in [4.69, 9.17) is 11.6 Å². The van der Waals surface area contributed by atoms with Crippen LogP contribution in [-0.2, 0) is 16.6 Å². The van der Waals surface area contributed by atoms with Crippen molar-refractivity contribution in [3.05, 3.63) is 51.2 Å². The third-order valence-electron chi connectivity index (χ3n) is 3.25. The molecule has 2 aromatic rings. The summed E-state index contributed by atoms with van der Waals surface area (Å²) in [5.74, 6) is 0. The van der Waals surface area contributed by atoms with Gasteiger partial charge in [-0.1, -0.05) is 24.6 Å². The van der Waals surface area contributed by atoms with Crippen LogP contribution in [0.5, 0.6) is 0 Å². The van der Waals surface area contributed by atoms with E-state index in [0.29, 0.717) is 28.6 Å². The van der Waals surface area contributed by atoms with Crippen molar-refractivity contribution < 1.29 is 8.42 Å². The Bertz CT molecular complexity index is 696. The molecule has 114 valence electrons. The number of thiophene rings is 1. The highest BCUT2D eigenvalue weighted by Gasteiger charge is 2.26. The van der Waals surface area contributed by atoms with Crippen LogP contribution in [-0.4, -0.2) is 19.3 Å². The van der Waals surface area contributed by atoms with Crippen LogP contribution in [0.3, 0.4) is 0 Å². The second kappa shape index (κ2) is 6.92. The predicted octanol–water partition coefficient (Wildman–Crippen LogP) is 4.31. The minimum absolute atomic E-state index is 0.290. The number of rotatable bonds is 6. The van der Waals surface area contributed by atoms with Gasteiger partial charge in [0.05, 0.1) is 4.90 Å². The summed E-state index contributed by atoms with van der Waals surface area (Å²) in [6, 6.07) is 6.95. The van der Waals surface area contributed by atoms with E-state index in [1.807, 2.05) is 23.8 Å². The molecule has 3 nitrogen and oxygen atoms in total. The monoisotopic (exact) mass is 343 g/mol. The molecule has 0 saturated carbocycles. The summed E-state index contributed by atoms with van der Waals surface area (Å²) >= 11 is 7.63. The second-order valence-electron chi connectivity index (χ2n) is 4.83. The van der Waals surface area contributed by atoms with Gasteiger partial charge in [0.1, 0.15) is 0 Å². The SMILES string of the molecule is CCCN(Cc1ccsc1)S(=O)(=O)c1cccc(Cl)c1C. The maximum Gasteiger partial charge on any atom is 0.243 e. The standard InChI is InChI=1S/C15H18ClNO2S2/c1-3-8-17(10-13-7-9-20-11-13)21(18,19)15-6-4-5-14(16)12(15)2/h4-7,9,11H,3,8,10H2,1-2H3. The van der Waals surface area contributed by atoms with E-state index < -0.39 is 10.0 Å². The van der Waals surface area contributed by atoms with Crippen LogP contribution in [0.25, 0.3) is 0 Å². The average molecular weight is 344 g/mol. The van der Waals surface area contributed by atoms with Gasteiger partial charge in [0, 0.05) is 18.1 Å². The Hall–Kier alpha value is -0.880. The second-order valence-corrected chi connectivity index (χ2v) is 7.93. The summed E-state index contributed by atoms with van der Waals surface area (Å²) in [7, 11) is -3.54. The Morgan fingerprint density at radius 1 is 1.29 bits per heavy atom. The molecule has 0 fully saturated rings. The third kappa shape index (κ3) is 3.66. The van der Waals surface area contributed by atoms with Crippen LogP contribution >= 0.6 is 22.9 Å². The highest BCUT2D eigenvalue weighted by Crippen LogP contribution is 2.27. The average Bonchev–Trinajstić information content (AvgIpc) is 2.94. The quantitative estimate of drug-likeness (QED) is 0.783. The molecule has 1 heterocycles. The Kier molecular flexibility index (Phi) is 5.43. The van der Waals surface area contributed by atoms with Crippen LogP contribution in [0.15, 0.2) is 39.9 Å². The first-order valence-corrected chi connectivity index (χ1v) is 9.49. The molecule has 0 spiro atoms. The molecular formula is C15H18ClNO2S2. The molecule has 0 amide bonds. The molecule has 0 aliphatic rings. The van der Waals surface area contributed by atoms with Gasteiger partial charge in [0.2, 0.25) is 10.0 Å². The summed E-state index contributed by atoms with van der Waals surface area (Å²) in [6.07, 6.45) is 0.767. The van der Waals surface area contributed by atoms with Crippen LogP contribution in [0.1, 0.15) is 24.5 Å². The van der Waals surface area contributed by atoms with E-state index in [1.54, 1.807) is 36.5 Å². The smallest absolute Gasteiger partial charge is 0.207 e. The van der Waals surface area contributed by atoms with E-state index in [9.17, 15) is 8.42 Å². The normalized spacial score (nSPS) is 12.0. The van der Waals surface area contributed by atoms with Crippen LogP contribution in [0.2, 0.25) is 5.02 Å². The van der Waals surface area contributed by atoms with Crippen molar-refractivity contribution >= 4 is 33.0 Å². The van der Waals surface area contributed by atoms with Crippen LogP contribution in [0, 0.1) is 6.92 Å². The number of benzene rings is 1. The van der Waals surface area contributed by atoms with Crippen molar-refractivity contribution in [1.29, 1.82) is 0 Å². The zero-order valence-electron chi connectivity index (χ0n) is 12.0. The minimum Gasteiger partial charge on any atom is -0.207 e. The fourth-order valence-corrected chi connectivity index (χ4v) is 4.78. The van der Waals surface area contributed by atoms with Gasteiger partial charge in [0.25, 0.3) is 0 Å². The molecule has 0 aliphatic carbocycles. The van der Waals surface area contributed by atoms with E-state index in [2.05, 4.69) is 0 Å². The Labute approximate surface area is 135 Å². The van der Waals surface area contributed by atoms with E-state index in [1.165, 1.54) is 4.31 Å². The third-order valence-corrected chi connectivity index (χ3v) is 6.38. The molecule has 2 rings (SSSR count). The van der Waals surface area contributed by atoms with Crippen molar-refractivity contribution in [2.45, 2.75) is 31.7 Å². The largest absolute Gasteiger partial charge is 0.243 e. The van der Waals surface area contributed by atoms with Crippen LogP contribution < -0.4 is 0 Å². The maximum absolute atomic E-state index is 12.9. The Morgan fingerprint density at radius 3 is 2.67 bits per heavy atom. The predicted molar refractivity (Wildman–Crippen MR) is 88.4 cm³/mol. The topological polar surface area (TPSA) is 37.4 Å². The highest BCUT2D eigenvalue weighted by atomic mass is 35.5.